The Morgan fingerprint density at radius 3 is 2.58 bits per heavy atom. The van der Waals surface area contributed by atoms with Crippen LogP contribution in [0.25, 0.3) is 6.08 Å². The van der Waals surface area contributed by atoms with Gasteiger partial charge in [-0.1, -0.05) is 37.3 Å². The number of nitrogens with zero attached hydrogens (tertiary/aromatic N) is 1. The van der Waals surface area contributed by atoms with Gasteiger partial charge in [0.15, 0.2) is 11.5 Å². The smallest absolute Gasteiger partial charge is 0.305 e. The molecule has 1 aliphatic rings. The lowest BCUT2D eigenvalue weighted by atomic mass is 10.1. The van der Waals surface area contributed by atoms with Crippen molar-refractivity contribution in [3.63, 3.8) is 0 Å². The maximum Gasteiger partial charge on any atom is 0.305 e. The molecule has 5 heteroatoms. The summed E-state index contributed by atoms with van der Waals surface area (Å²) in [7, 11) is 0. The van der Waals surface area contributed by atoms with Gasteiger partial charge >= 0.3 is 5.97 Å². The zero-order valence-electron chi connectivity index (χ0n) is 14.9. The van der Waals surface area contributed by atoms with Crippen molar-refractivity contribution in [1.82, 2.24) is 0 Å². The number of benzene rings is 2. The summed E-state index contributed by atoms with van der Waals surface area (Å²) < 4.78 is 5.82. The molecule has 0 unspecified atom stereocenters. The lowest BCUT2D eigenvalue weighted by Gasteiger charge is -2.30. The van der Waals surface area contributed by atoms with E-state index in [-0.39, 0.29) is 24.6 Å². The van der Waals surface area contributed by atoms with Crippen LogP contribution in [0.4, 0.5) is 5.69 Å². The van der Waals surface area contributed by atoms with E-state index in [1.54, 1.807) is 12.1 Å². The van der Waals surface area contributed by atoms with Crippen LogP contribution in [0.5, 0.6) is 5.75 Å². The minimum atomic E-state index is -0.945. The van der Waals surface area contributed by atoms with Crippen molar-refractivity contribution in [2.75, 3.05) is 11.4 Å². The molecule has 26 heavy (non-hydrogen) atoms. The minimum absolute atomic E-state index is 0.0973. The normalized spacial score (nSPS) is 14.9. The van der Waals surface area contributed by atoms with Gasteiger partial charge in [0, 0.05) is 6.54 Å². The van der Waals surface area contributed by atoms with Crippen molar-refractivity contribution < 1.29 is 19.4 Å². The molecule has 0 atom stereocenters. The molecule has 134 valence electrons. The van der Waals surface area contributed by atoms with Gasteiger partial charge < -0.3 is 14.7 Å². The molecule has 3 rings (SSSR count). The maximum atomic E-state index is 12.9. The number of ether oxygens (including phenoxy) is 1. The molecule has 1 amide bonds. The number of aryl methyl sites for hydroxylation is 2. The zero-order chi connectivity index (χ0) is 18.7. The van der Waals surface area contributed by atoms with Crippen molar-refractivity contribution in [3.8, 4) is 5.75 Å². The summed E-state index contributed by atoms with van der Waals surface area (Å²) in [6.45, 7) is 4.10. The lowest BCUT2D eigenvalue weighted by Crippen LogP contribution is -2.38. The first kappa shape index (κ1) is 17.7. The third-order valence-corrected chi connectivity index (χ3v) is 4.32. The van der Waals surface area contributed by atoms with Crippen LogP contribution in [0.2, 0.25) is 0 Å². The molecule has 5 nitrogen and oxygen atoms in total. The summed E-state index contributed by atoms with van der Waals surface area (Å²) in [4.78, 5) is 25.3. The Balaban J connectivity index is 1.97. The number of carbonyl (C=O) groups excluding carboxylic acids is 1. The number of hydrogen-bond acceptors (Lipinski definition) is 3. The third kappa shape index (κ3) is 3.77. The van der Waals surface area contributed by atoms with Crippen LogP contribution in [0, 0.1) is 6.92 Å². The van der Waals surface area contributed by atoms with Crippen molar-refractivity contribution in [2.24, 2.45) is 0 Å². The van der Waals surface area contributed by atoms with Crippen LogP contribution in [0.15, 0.2) is 48.2 Å². The summed E-state index contributed by atoms with van der Waals surface area (Å²) in [5, 5.41) is 9.00. The van der Waals surface area contributed by atoms with Crippen molar-refractivity contribution in [2.45, 2.75) is 26.7 Å². The Hall–Kier alpha value is -3.08. The van der Waals surface area contributed by atoms with Crippen molar-refractivity contribution in [3.05, 3.63) is 64.9 Å². The topological polar surface area (TPSA) is 66.8 Å². The van der Waals surface area contributed by atoms with Crippen LogP contribution in [0.3, 0.4) is 0 Å². The Bertz CT molecular complexity index is 868. The first-order chi connectivity index (χ1) is 12.5. The molecule has 1 N–H and O–H groups in total. The van der Waals surface area contributed by atoms with Crippen LogP contribution in [0.1, 0.15) is 30.0 Å². The second-order valence-corrected chi connectivity index (χ2v) is 6.28. The van der Waals surface area contributed by atoms with Crippen LogP contribution in [-0.2, 0) is 16.0 Å². The number of rotatable bonds is 5. The second kappa shape index (κ2) is 7.44. The summed E-state index contributed by atoms with van der Waals surface area (Å²) in [6, 6.07) is 13.4. The molecule has 0 aliphatic carbocycles. The predicted octanol–water partition coefficient (Wildman–Crippen LogP) is 3.80. The minimum Gasteiger partial charge on any atom is -0.481 e. The second-order valence-electron chi connectivity index (χ2n) is 6.28. The van der Waals surface area contributed by atoms with Crippen molar-refractivity contribution >= 4 is 23.6 Å². The van der Waals surface area contributed by atoms with Gasteiger partial charge in [0.2, 0.25) is 0 Å². The van der Waals surface area contributed by atoms with Gasteiger partial charge in [0.1, 0.15) is 0 Å². The van der Waals surface area contributed by atoms with Crippen LogP contribution >= 0.6 is 0 Å². The summed E-state index contributed by atoms with van der Waals surface area (Å²) in [5.74, 6) is -0.531. The molecule has 0 fully saturated rings. The molecule has 0 aromatic heterocycles. The van der Waals surface area contributed by atoms with E-state index in [0.717, 1.165) is 17.5 Å². The highest BCUT2D eigenvalue weighted by Crippen LogP contribution is 2.36. The van der Waals surface area contributed by atoms with Crippen LogP contribution in [-0.4, -0.2) is 23.5 Å². The average molecular weight is 351 g/mol. The van der Waals surface area contributed by atoms with Gasteiger partial charge in [-0.05, 0) is 48.2 Å². The number of aliphatic carboxylic acids is 1. The fraction of sp³-hybridized carbons (Fsp3) is 0.238. The van der Waals surface area contributed by atoms with Gasteiger partial charge in [0.05, 0.1) is 12.1 Å². The maximum absolute atomic E-state index is 12.9. The SMILES string of the molecule is CCc1ccc(/C=C2/Oc3ccc(C)cc3N(CCC(=O)O)C2=O)cc1. The number of carboxylic acid groups (broad SMARTS) is 1. The molecule has 0 bridgehead atoms. The van der Waals surface area contributed by atoms with Gasteiger partial charge in [-0.25, -0.2) is 0 Å². The number of amides is 1. The molecule has 0 spiro atoms. The average Bonchev–Trinajstić information content (AvgIpc) is 2.62. The predicted molar refractivity (Wildman–Crippen MR) is 100 cm³/mol. The highest BCUT2D eigenvalue weighted by Gasteiger charge is 2.30. The van der Waals surface area contributed by atoms with Gasteiger partial charge in [-0.15, -0.1) is 0 Å². The standard InChI is InChI=1S/C21H21NO4/c1-3-15-5-7-16(8-6-15)13-19-21(25)22(11-10-20(23)24)17-12-14(2)4-9-18(17)26-19/h4-9,12-13H,3,10-11H2,1-2H3,(H,23,24)/b19-13+. The van der Waals surface area contributed by atoms with Gasteiger partial charge in [0.25, 0.3) is 5.91 Å². The van der Waals surface area contributed by atoms with Gasteiger partial charge in [-0.2, -0.15) is 0 Å². The molecule has 0 saturated carbocycles. The molecule has 1 heterocycles. The number of carbonyl (C=O) groups is 2. The monoisotopic (exact) mass is 351 g/mol. The zero-order valence-corrected chi connectivity index (χ0v) is 14.9. The Kier molecular flexibility index (Phi) is 5.07. The molecule has 2 aromatic carbocycles. The largest absolute Gasteiger partial charge is 0.481 e. The quantitative estimate of drug-likeness (QED) is 0.832. The van der Waals surface area contributed by atoms with E-state index in [9.17, 15) is 9.59 Å². The molecule has 0 saturated heterocycles. The number of carboxylic acids is 1. The van der Waals surface area contributed by atoms with E-state index in [1.165, 1.54) is 10.5 Å². The summed E-state index contributed by atoms with van der Waals surface area (Å²) >= 11 is 0. The van der Waals surface area contributed by atoms with E-state index in [1.807, 2.05) is 43.3 Å². The third-order valence-electron chi connectivity index (χ3n) is 4.32. The van der Waals surface area contributed by atoms with Gasteiger partial charge in [-0.3, -0.25) is 9.59 Å². The lowest BCUT2D eigenvalue weighted by molar-refractivity contribution is -0.136. The Morgan fingerprint density at radius 2 is 1.92 bits per heavy atom. The first-order valence-electron chi connectivity index (χ1n) is 8.60. The summed E-state index contributed by atoms with van der Waals surface area (Å²) in [5.41, 5.74) is 3.66. The number of anilines is 1. The number of hydrogen-bond donors (Lipinski definition) is 1. The van der Waals surface area contributed by atoms with E-state index in [0.29, 0.717) is 11.4 Å². The van der Waals surface area contributed by atoms with E-state index < -0.39 is 5.97 Å². The summed E-state index contributed by atoms with van der Waals surface area (Å²) in [6.07, 6.45) is 2.51. The van der Waals surface area contributed by atoms with E-state index in [4.69, 9.17) is 9.84 Å². The highest BCUT2D eigenvalue weighted by atomic mass is 16.5. The van der Waals surface area contributed by atoms with Crippen molar-refractivity contribution in [1.29, 1.82) is 0 Å². The highest BCUT2D eigenvalue weighted by molar-refractivity contribution is 6.10. The molecule has 1 aliphatic heterocycles. The number of fused-ring (bicyclic) bond motifs is 1. The fourth-order valence-electron chi connectivity index (χ4n) is 2.85. The van der Waals surface area contributed by atoms with E-state index >= 15 is 0 Å². The Morgan fingerprint density at radius 1 is 1.19 bits per heavy atom. The van der Waals surface area contributed by atoms with E-state index in [2.05, 4.69) is 6.92 Å². The first-order valence-corrected chi connectivity index (χ1v) is 8.60. The molecular formula is C21H21NO4. The Labute approximate surface area is 152 Å². The van der Waals surface area contributed by atoms with Crippen LogP contribution < -0.4 is 9.64 Å². The molecule has 2 aromatic rings. The fourth-order valence-corrected chi connectivity index (χ4v) is 2.85. The molecule has 0 radical (unpaired) electrons. The molecular weight excluding hydrogens is 330 g/mol.